The molecule has 0 saturated carbocycles. The van der Waals surface area contributed by atoms with Gasteiger partial charge in [-0.25, -0.2) is 9.67 Å². The van der Waals surface area contributed by atoms with Gasteiger partial charge in [0.05, 0.1) is 24.0 Å². The molecule has 0 spiro atoms. The van der Waals surface area contributed by atoms with Crippen molar-refractivity contribution in [1.29, 1.82) is 0 Å². The number of furan rings is 1. The van der Waals surface area contributed by atoms with Gasteiger partial charge in [0, 0.05) is 5.69 Å². The smallest absolute Gasteiger partial charge is 0.259 e. The van der Waals surface area contributed by atoms with Crippen molar-refractivity contribution >= 4 is 0 Å². The molecule has 0 aliphatic rings. The van der Waals surface area contributed by atoms with Gasteiger partial charge in [0.1, 0.15) is 0 Å². The third-order valence-electron chi connectivity index (χ3n) is 3.74. The molecule has 132 valence electrons. The number of aromatic amines is 1. The summed E-state index contributed by atoms with van der Waals surface area (Å²) in [6.45, 7) is 7.57. The van der Waals surface area contributed by atoms with Gasteiger partial charge in [-0.1, -0.05) is 13.8 Å². The number of nitrogens with one attached hydrogen (secondary N) is 1. The molecule has 0 saturated heterocycles. The topological polar surface area (TPSA) is 96.9 Å². The summed E-state index contributed by atoms with van der Waals surface area (Å²) in [4.78, 5) is 19.9. The van der Waals surface area contributed by atoms with Crippen molar-refractivity contribution in [2.24, 2.45) is 0 Å². The largest absolute Gasteiger partial charge is 0.461 e. The first-order chi connectivity index (χ1) is 11.7. The van der Waals surface area contributed by atoms with E-state index in [0.717, 1.165) is 5.69 Å². The van der Waals surface area contributed by atoms with Crippen molar-refractivity contribution in [2.75, 3.05) is 0 Å². The van der Waals surface area contributed by atoms with Gasteiger partial charge in [-0.05, 0) is 44.0 Å². The lowest BCUT2D eigenvalue weighted by molar-refractivity contribution is 0.0582. The fourth-order valence-electron chi connectivity index (χ4n) is 2.53. The summed E-state index contributed by atoms with van der Waals surface area (Å²) in [5.41, 5.74) is 0.0159. The van der Waals surface area contributed by atoms with Gasteiger partial charge in [-0.3, -0.25) is 4.79 Å². The molecule has 0 aliphatic heterocycles. The Kier molecular flexibility index (Phi) is 4.34. The lowest BCUT2D eigenvalue weighted by Gasteiger charge is -2.17. The third kappa shape index (κ3) is 3.71. The van der Waals surface area contributed by atoms with Gasteiger partial charge in [0.15, 0.2) is 11.6 Å². The number of rotatable bonds is 5. The minimum absolute atomic E-state index is 0.196. The van der Waals surface area contributed by atoms with Crippen LogP contribution in [0.5, 0.6) is 0 Å². The summed E-state index contributed by atoms with van der Waals surface area (Å²) in [6.07, 6.45) is 1.54. The first-order valence-corrected chi connectivity index (χ1v) is 8.19. The van der Waals surface area contributed by atoms with Crippen LogP contribution in [0.3, 0.4) is 0 Å². The average molecular weight is 342 g/mol. The molecule has 2 N–H and O–H groups in total. The van der Waals surface area contributed by atoms with Crippen LogP contribution in [0.1, 0.15) is 39.3 Å². The molecule has 0 atom stereocenters. The van der Waals surface area contributed by atoms with Crippen LogP contribution in [0.25, 0.3) is 23.0 Å². The van der Waals surface area contributed by atoms with Gasteiger partial charge >= 0.3 is 0 Å². The van der Waals surface area contributed by atoms with Crippen LogP contribution >= 0.6 is 0 Å². The van der Waals surface area contributed by atoms with Crippen molar-refractivity contribution in [3.05, 3.63) is 46.6 Å². The molecule has 3 rings (SSSR count). The van der Waals surface area contributed by atoms with E-state index in [-0.39, 0.29) is 18.0 Å². The van der Waals surface area contributed by atoms with E-state index in [1.807, 2.05) is 19.9 Å². The Morgan fingerprint density at radius 2 is 2.08 bits per heavy atom. The average Bonchev–Trinajstić information content (AvgIpc) is 3.15. The van der Waals surface area contributed by atoms with Crippen LogP contribution in [0.15, 0.2) is 39.7 Å². The number of hydrogen-bond donors (Lipinski definition) is 2. The zero-order chi connectivity index (χ0) is 18.2. The molecule has 7 heteroatoms. The molecule has 0 aliphatic carbocycles. The summed E-state index contributed by atoms with van der Waals surface area (Å²) >= 11 is 0. The Morgan fingerprint density at radius 1 is 1.32 bits per heavy atom. The van der Waals surface area contributed by atoms with Crippen LogP contribution in [-0.2, 0) is 6.54 Å². The predicted molar refractivity (Wildman–Crippen MR) is 94.2 cm³/mol. The van der Waals surface area contributed by atoms with Crippen molar-refractivity contribution in [3.8, 4) is 23.0 Å². The van der Waals surface area contributed by atoms with Gasteiger partial charge in [0.2, 0.25) is 5.82 Å². The van der Waals surface area contributed by atoms with E-state index in [0.29, 0.717) is 23.0 Å². The van der Waals surface area contributed by atoms with E-state index >= 15 is 0 Å². The fourth-order valence-corrected chi connectivity index (χ4v) is 2.53. The molecule has 0 aromatic carbocycles. The van der Waals surface area contributed by atoms with Crippen LogP contribution in [0, 0.1) is 0 Å². The molecule has 3 heterocycles. The molecule has 0 radical (unpaired) electrons. The highest BCUT2D eigenvalue weighted by Crippen LogP contribution is 2.23. The highest BCUT2D eigenvalue weighted by Gasteiger charge is 2.22. The minimum Gasteiger partial charge on any atom is -0.461 e. The summed E-state index contributed by atoms with van der Waals surface area (Å²) in [5, 5.41) is 14.6. The highest BCUT2D eigenvalue weighted by molar-refractivity contribution is 5.58. The van der Waals surface area contributed by atoms with Gasteiger partial charge < -0.3 is 14.5 Å². The van der Waals surface area contributed by atoms with Crippen molar-refractivity contribution in [1.82, 2.24) is 19.7 Å². The van der Waals surface area contributed by atoms with Crippen molar-refractivity contribution in [2.45, 2.75) is 45.8 Å². The summed E-state index contributed by atoms with van der Waals surface area (Å²) in [6, 6.07) is 7.11. The number of hydrogen-bond acceptors (Lipinski definition) is 5. The summed E-state index contributed by atoms with van der Waals surface area (Å²) in [5.74, 6) is 1.49. The molecule has 0 fully saturated rings. The second kappa shape index (κ2) is 6.33. The van der Waals surface area contributed by atoms with Gasteiger partial charge in [-0.2, -0.15) is 0 Å². The molecule has 0 amide bonds. The molecular weight excluding hydrogens is 320 g/mol. The Bertz CT molecular complexity index is 915. The van der Waals surface area contributed by atoms with Crippen LogP contribution in [0.4, 0.5) is 0 Å². The van der Waals surface area contributed by atoms with E-state index in [9.17, 15) is 9.90 Å². The van der Waals surface area contributed by atoms with Crippen LogP contribution in [0.2, 0.25) is 0 Å². The fraction of sp³-hybridized carbons (Fsp3) is 0.389. The molecule has 0 unspecified atom stereocenters. The quantitative estimate of drug-likeness (QED) is 0.743. The first-order valence-electron chi connectivity index (χ1n) is 8.19. The Morgan fingerprint density at radius 3 is 2.64 bits per heavy atom. The maximum Gasteiger partial charge on any atom is 0.259 e. The zero-order valence-electron chi connectivity index (χ0n) is 14.8. The van der Waals surface area contributed by atoms with E-state index in [2.05, 4.69) is 15.1 Å². The lowest BCUT2D eigenvalue weighted by Crippen LogP contribution is -2.28. The van der Waals surface area contributed by atoms with Crippen LogP contribution < -0.4 is 5.56 Å². The predicted octanol–water partition coefficient (Wildman–Crippen LogP) is 2.79. The van der Waals surface area contributed by atoms with E-state index in [1.165, 1.54) is 10.9 Å². The Labute approximate surface area is 145 Å². The van der Waals surface area contributed by atoms with E-state index in [1.54, 1.807) is 32.0 Å². The number of aliphatic hydroxyl groups is 1. The molecule has 3 aromatic heterocycles. The molecular formula is C18H22N4O3. The Hall–Kier alpha value is -2.67. The molecule has 0 bridgehead atoms. The van der Waals surface area contributed by atoms with Crippen LogP contribution in [-0.4, -0.2) is 30.5 Å². The standard InChI is InChI=1S/C18H22N4O3/c1-11(2)13-8-7-12(17(23)19-13)16-20-15(14-6-5-9-25-14)21-22(16)10-18(3,4)24/h5-9,11,24H,10H2,1-4H3,(H,19,23). The van der Waals surface area contributed by atoms with E-state index in [4.69, 9.17) is 4.42 Å². The maximum atomic E-state index is 12.5. The summed E-state index contributed by atoms with van der Waals surface area (Å²) in [7, 11) is 0. The molecule has 3 aromatic rings. The van der Waals surface area contributed by atoms with E-state index < -0.39 is 5.60 Å². The normalized spacial score (nSPS) is 12.1. The highest BCUT2D eigenvalue weighted by atomic mass is 16.3. The summed E-state index contributed by atoms with van der Waals surface area (Å²) < 4.78 is 6.89. The molecule has 7 nitrogen and oxygen atoms in total. The minimum atomic E-state index is -1.01. The van der Waals surface area contributed by atoms with Crippen molar-refractivity contribution in [3.63, 3.8) is 0 Å². The second-order valence-corrected chi connectivity index (χ2v) is 7.02. The monoisotopic (exact) mass is 342 g/mol. The maximum absolute atomic E-state index is 12.5. The molecule has 25 heavy (non-hydrogen) atoms. The lowest BCUT2D eigenvalue weighted by atomic mass is 10.1. The van der Waals surface area contributed by atoms with Crippen molar-refractivity contribution < 1.29 is 9.52 Å². The third-order valence-corrected chi connectivity index (χ3v) is 3.74. The van der Waals surface area contributed by atoms with Gasteiger partial charge in [-0.15, -0.1) is 5.10 Å². The number of aromatic nitrogens is 4. The second-order valence-electron chi connectivity index (χ2n) is 7.02. The van der Waals surface area contributed by atoms with Gasteiger partial charge in [0.25, 0.3) is 5.56 Å². The number of nitrogens with zero attached hydrogens (tertiary/aromatic N) is 3. The zero-order valence-corrected chi connectivity index (χ0v) is 14.8. The Balaban J connectivity index is 2.12. The number of H-pyrrole nitrogens is 1. The first kappa shape index (κ1) is 17.2. The number of pyridine rings is 1. The SMILES string of the molecule is CC(C)c1ccc(-c2nc(-c3ccco3)nn2CC(C)(C)O)c(=O)[nH]1.